The van der Waals surface area contributed by atoms with Crippen LogP contribution in [-0.2, 0) is 4.79 Å². The van der Waals surface area contributed by atoms with Crippen molar-refractivity contribution in [3.8, 4) is 6.07 Å². The van der Waals surface area contributed by atoms with E-state index in [1.54, 1.807) is 0 Å². The number of piperidine rings is 1. The molecule has 0 aromatic carbocycles. The maximum absolute atomic E-state index is 12.4. The standard InChI is InChI=1S/C14H20N3O.C2H6.CH3.K/c15-10-14(4-1-5-14)13(18)17-6-2-11(3-7-17)12-8-16-9-12;1-2;;/h11-12H,1-9H2;1-2H3;1H3;/q-1;;-1;+1. The zero-order chi connectivity index (χ0) is 14.6. The van der Waals surface area contributed by atoms with Gasteiger partial charge in [-0.05, 0) is 38.0 Å². The molecule has 5 heteroatoms. The van der Waals surface area contributed by atoms with Gasteiger partial charge in [-0.25, -0.2) is 0 Å². The summed E-state index contributed by atoms with van der Waals surface area (Å²) in [5.74, 6) is 1.63. The second-order valence-electron chi connectivity index (χ2n) is 6.03. The van der Waals surface area contributed by atoms with Gasteiger partial charge in [0.15, 0.2) is 0 Å². The molecule has 2 aliphatic heterocycles. The van der Waals surface area contributed by atoms with E-state index in [-0.39, 0.29) is 64.7 Å². The molecule has 0 atom stereocenters. The minimum atomic E-state index is -0.654. The molecule has 3 rings (SSSR count). The molecule has 1 saturated carbocycles. The van der Waals surface area contributed by atoms with Gasteiger partial charge < -0.3 is 17.6 Å². The maximum Gasteiger partial charge on any atom is 1.00 e. The molecule has 2 saturated heterocycles. The molecule has 1 aliphatic carbocycles. The third kappa shape index (κ3) is 4.55. The summed E-state index contributed by atoms with van der Waals surface area (Å²) >= 11 is 0. The molecule has 0 unspecified atom stereocenters. The van der Waals surface area contributed by atoms with Crippen molar-refractivity contribution in [1.82, 2.24) is 4.90 Å². The molecule has 0 bridgehead atoms. The molecule has 0 radical (unpaired) electrons. The number of amides is 1. The Morgan fingerprint density at radius 3 is 2.05 bits per heavy atom. The van der Waals surface area contributed by atoms with Crippen LogP contribution in [-0.4, -0.2) is 37.0 Å². The average Bonchev–Trinajstić information content (AvgIpc) is 2.39. The van der Waals surface area contributed by atoms with Crippen LogP contribution in [0.5, 0.6) is 0 Å². The summed E-state index contributed by atoms with van der Waals surface area (Å²) in [7, 11) is 0. The van der Waals surface area contributed by atoms with Crippen molar-refractivity contribution in [3.63, 3.8) is 0 Å². The largest absolute Gasteiger partial charge is 1.00 e. The summed E-state index contributed by atoms with van der Waals surface area (Å²) < 4.78 is 0. The van der Waals surface area contributed by atoms with Crippen molar-refractivity contribution < 1.29 is 56.2 Å². The Hall–Kier alpha value is 0.556. The van der Waals surface area contributed by atoms with Crippen molar-refractivity contribution in [2.45, 2.75) is 46.0 Å². The molecule has 3 aliphatic rings. The second kappa shape index (κ2) is 10.4. The van der Waals surface area contributed by atoms with E-state index in [9.17, 15) is 10.1 Å². The fraction of sp³-hybridized carbons (Fsp3) is 0.824. The molecular weight excluding hydrogens is 301 g/mol. The van der Waals surface area contributed by atoms with Gasteiger partial charge in [-0.3, -0.25) is 4.79 Å². The Labute approximate surface area is 178 Å². The summed E-state index contributed by atoms with van der Waals surface area (Å²) in [4.78, 5) is 14.3. The van der Waals surface area contributed by atoms with E-state index in [1.807, 2.05) is 18.7 Å². The third-order valence-electron chi connectivity index (χ3n) is 5.05. The number of likely N-dealkylation sites (tertiary alicyclic amines) is 1. The Bertz CT molecular complexity index is 378. The van der Waals surface area contributed by atoms with E-state index < -0.39 is 5.41 Å². The summed E-state index contributed by atoms with van der Waals surface area (Å²) in [5.41, 5.74) is -0.654. The van der Waals surface area contributed by atoms with E-state index in [0.29, 0.717) is 0 Å². The quantitative estimate of drug-likeness (QED) is 0.544. The first kappa shape index (κ1) is 22.6. The molecule has 0 spiro atoms. The van der Waals surface area contributed by atoms with E-state index >= 15 is 0 Å². The van der Waals surface area contributed by atoms with Gasteiger partial charge in [0.25, 0.3) is 0 Å². The molecule has 4 nitrogen and oxygen atoms in total. The summed E-state index contributed by atoms with van der Waals surface area (Å²) in [5, 5.41) is 13.5. The predicted molar refractivity (Wildman–Crippen MR) is 85.5 cm³/mol. The smallest absolute Gasteiger partial charge is 0.662 e. The van der Waals surface area contributed by atoms with E-state index in [1.165, 1.54) is 0 Å². The van der Waals surface area contributed by atoms with Gasteiger partial charge in [0, 0.05) is 13.1 Å². The van der Waals surface area contributed by atoms with E-state index in [0.717, 1.165) is 70.1 Å². The first-order valence-corrected chi connectivity index (χ1v) is 8.09. The molecule has 22 heavy (non-hydrogen) atoms. The Kier molecular flexibility index (Phi) is 10.7. The second-order valence-corrected chi connectivity index (χ2v) is 6.03. The predicted octanol–water partition coefficient (Wildman–Crippen LogP) is 0.403. The van der Waals surface area contributed by atoms with Crippen molar-refractivity contribution in [2.75, 3.05) is 26.2 Å². The molecular formula is C17H29KN3O-. The maximum atomic E-state index is 12.4. The fourth-order valence-corrected chi connectivity index (χ4v) is 3.36. The van der Waals surface area contributed by atoms with Crippen LogP contribution < -0.4 is 51.4 Å². The first-order chi connectivity index (χ1) is 9.75. The fourth-order valence-electron chi connectivity index (χ4n) is 3.36. The normalized spacial score (nSPS) is 23.2. The van der Waals surface area contributed by atoms with Crippen LogP contribution in [0.15, 0.2) is 0 Å². The van der Waals surface area contributed by atoms with Gasteiger partial charge in [-0.2, -0.15) is 5.26 Å². The van der Waals surface area contributed by atoms with Crippen molar-refractivity contribution in [1.29, 1.82) is 5.26 Å². The van der Waals surface area contributed by atoms with Crippen LogP contribution in [0.25, 0.3) is 5.32 Å². The van der Waals surface area contributed by atoms with Gasteiger partial charge in [-0.1, -0.05) is 19.8 Å². The van der Waals surface area contributed by atoms with Crippen molar-refractivity contribution in [2.24, 2.45) is 17.3 Å². The molecule has 3 fully saturated rings. The van der Waals surface area contributed by atoms with Crippen LogP contribution in [0, 0.1) is 36.0 Å². The molecule has 120 valence electrons. The zero-order valence-corrected chi connectivity index (χ0v) is 17.9. The Balaban J connectivity index is 0.00000106. The van der Waals surface area contributed by atoms with E-state index in [2.05, 4.69) is 11.4 Å². The number of carbonyl (C=O) groups excluding carboxylic acids is 1. The number of carbonyl (C=O) groups is 1. The van der Waals surface area contributed by atoms with Gasteiger partial charge in [-0.15, -0.1) is 13.1 Å². The van der Waals surface area contributed by atoms with Crippen molar-refractivity contribution in [3.05, 3.63) is 12.7 Å². The number of nitrogens with zero attached hydrogens (tertiary/aromatic N) is 3. The van der Waals surface area contributed by atoms with Gasteiger partial charge in [0.2, 0.25) is 5.91 Å². The third-order valence-corrected chi connectivity index (χ3v) is 5.05. The van der Waals surface area contributed by atoms with Crippen molar-refractivity contribution >= 4 is 5.91 Å². The first-order valence-electron chi connectivity index (χ1n) is 8.09. The van der Waals surface area contributed by atoms with E-state index in [4.69, 9.17) is 0 Å². The Morgan fingerprint density at radius 2 is 1.73 bits per heavy atom. The number of hydrogen-bond acceptors (Lipinski definition) is 2. The molecule has 0 N–H and O–H groups in total. The number of hydrogen-bond donors (Lipinski definition) is 0. The van der Waals surface area contributed by atoms with Gasteiger partial charge in [0.1, 0.15) is 5.41 Å². The van der Waals surface area contributed by atoms with Crippen LogP contribution in [0.1, 0.15) is 46.0 Å². The summed E-state index contributed by atoms with van der Waals surface area (Å²) in [6.07, 6.45) is 4.77. The van der Waals surface area contributed by atoms with Gasteiger partial charge >= 0.3 is 51.4 Å². The SMILES string of the molecule is CC.N#CC1(C(=O)N2CCC(C3C[N-]C3)CC2)CCC1.[CH3-].[K+]. The van der Waals surface area contributed by atoms with Gasteiger partial charge in [0.05, 0.1) is 6.07 Å². The summed E-state index contributed by atoms with van der Waals surface area (Å²) in [6, 6.07) is 2.26. The molecule has 0 aromatic heterocycles. The summed E-state index contributed by atoms with van der Waals surface area (Å²) in [6.45, 7) is 7.76. The number of nitriles is 1. The number of rotatable bonds is 2. The minimum absolute atomic E-state index is 0. The molecule has 1 amide bonds. The van der Waals surface area contributed by atoms with Crippen LogP contribution in [0.3, 0.4) is 0 Å². The minimum Gasteiger partial charge on any atom is -0.662 e. The molecule has 2 heterocycles. The average molecular weight is 331 g/mol. The van der Waals surface area contributed by atoms with Crippen LogP contribution >= 0.6 is 0 Å². The topological polar surface area (TPSA) is 58.2 Å². The zero-order valence-electron chi connectivity index (χ0n) is 14.8. The Morgan fingerprint density at radius 1 is 1.18 bits per heavy atom. The van der Waals surface area contributed by atoms with Crippen LogP contribution in [0.4, 0.5) is 0 Å². The monoisotopic (exact) mass is 330 g/mol. The van der Waals surface area contributed by atoms with Crippen LogP contribution in [0.2, 0.25) is 0 Å². The molecule has 0 aromatic rings.